The number of aliphatic hydroxyl groups excluding tert-OH is 1. The van der Waals surface area contributed by atoms with Crippen molar-refractivity contribution in [3.8, 4) is 12.3 Å². The van der Waals surface area contributed by atoms with Crippen molar-refractivity contribution in [2.24, 2.45) is 0 Å². The molecule has 0 saturated carbocycles. The summed E-state index contributed by atoms with van der Waals surface area (Å²) >= 11 is 0. The van der Waals surface area contributed by atoms with Crippen LogP contribution in [0.4, 0.5) is 5.69 Å². The molecular weight excluding hydrogens is 683 g/mol. The molecule has 50 heavy (non-hydrogen) atoms. The van der Waals surface area contributed by atoms with Crippen molar-refractivity contribution in [1.82, 2.24) is 20.6 Å². The number of anilines is 1. The average Bonchev–Trinajstić information content (AvgIpc) is 3.44. The Morgan fingerprint density at radius 2 is 1.60 bits per heavy atom. The Morgan fingerprint density at radius 1 is 0.980 bits per heavy atom. The van der Waals surface area contributed by atoms with Gasteiger partial charge in [0.05, 0.1) is 47.5 Å². The Labute approximate surface area is 352 Å². The number of terminal acetylenes is 1. The number of aliphatic hydroxyl groups is 1. The van der Waals surface area contributed by atoms with Crippen molar-refractivity contribution in [3.05, 3.63) is 69.3 Å². The van der Waals surface area contributed by atoms with Crippen molar-refractivity contribution < 1.29 is 133 Å². The van der Waals surface area contributed by atoms with Gasteiger partial charge in [-0.1, -0.05) is 5.92 Å². The van der Waals surface area contributed by atoms with E-state index in [0.29, 0.717) is 29.4 Å². The van der Waals surface area contributed by atoms with E-state index in [1.807, 2.05) is 11.0 Å². The molecule has 2 aromatic carbocycles. The van der Waals surface area contributed by atoms with Gasteiger partial charge in [-0.2, -0.15) is 0 Å². The molecule has 1 aromatic heterocycles. The van der Waals surface area contributed by atoms with E-state index in [4.69, 9.17) is 6.42 Å². The number of amides is 2. The molecule has 0 spiro atoms. The van der Waals surface area contributed by atoms with Gasteiger partial charge in [0.25, 0.3) is 11.5 Å². The second-order valence-corrected chi connectivity index (χ2v) is 10.9. The third-order valence-electron chi connectivity index (χ3n) is 7.82. The van der Waals surface area contributed by atoms with Gasteiger partial charge in [-0.15, -0.1) is 6.42 Å². The largest absolute Gasteiger partial charge is 1.00 e. The number of fused-ring (bicyclic) bond motifs is 2. The maximum Gasteiger partial charge on any atom is 1.00 e. The van der Waals surface area contributed by atoms with Crippen LogP contribution in [0.3, 0.4) is 0 Å². The molecule has 0 bridgehead atoms. The summed E-state index contributed by atoms with van der Waals surface area (Å²) in [6.45, 7) is -0.199. The second-order valence-electron chi connectivity index (χ2n) is 10.9. The number of aliphatic carboxylic acids is 3. The Balaban J connectivity index is 0.00000417. The molecule has 1 heterocycles. The Morgan fingerprint density at radius 3 is 2.18 bits per heavy atom. The molecule has 4 rings (SSSR count). The minimum Gasteiger partial charge on any atom is -0.550 e. The number of nitrogens with zero attached hydrogens (tertiary/aromatic N) is 2. The van der Waals surface area contributed by atoms with Crippen LogP contribution in [0.2, 0.25) is 0 Å². The van der Waals surface area contributed by atoms with Crippen LogP contribution < -0.4 is 125 Å². The zero-order chi connectivity index (χ0) is 34.2. The number of carbonyl (C=O) groups excluding carboxylic acids is 5. The van der Waals surface area contributed by atoms with Gasteiger partial charge in [0.2, 0.25) is 5.91 Å². The number of carboxylic acids is 3. The summed E-state index contributed by atoms with van der Waals surface area (Å²) in [6, 6.07) is 6.39. The number of aromatic nitrogens is 2. The van der Waals surface area contributed by atoms with E-state index in [9.17, 15) is 49.2 Å². The summed E-state index contributed by atoms with van der Waals surface area (Å²) in [5.41, 5.74) is 2.73. The molecule has 0 fully saturated rings. The van der Waals surface area contributed by atoms with Crippen LogP contribution in [0.5, 0.6) is 0 Å². The fourth-order valence-corrected chi connectivity index (χ4v) is 5.50. The van der Waals surface area contributed by atoms with Gasteiger partial charge in [-0.25, -0.2) is 4.98 Å². The number of hydrogen-bond donors (Lipinski definition) is 4. The summed E-state index contributed by atoms with van der Waals surface area (Å²) in [4.78, 5) is 80.0. The van der Waals surface area contributed by atoms with Crippen LogP contribution in [-0.2, 0) is 32.2 Å². The predicted molar refractivity (Wildman–Crippen MR) is 159 cm³/mol. The number of nitrogens with one attached hydrogen (secondary N) is 3. The second kappa shape index (κ2) is 20.9. The van der Waals surface area contributed by atoms with Crippen LogP contribution in [0.1, 0.15) is 65.5 Å². The SMILES string of the molecule is C#CCN(c1ccc(C(=O)N[C@@H](CCC(=O)N[C@H](CCC(=O)[O-])C(=O)[O-])C(=O)[O-])cc1)C1CCc2cc3nc(CO)[nH]c(=O)c3cc21.[Na+].[Na+].[Na+]. The van der Waals surface area contributed by atoms with Gasteiger partial charge in [0.15, 0.2) is 0 Å². The molecule has 0 radical (unpaired) electrons. The summed E-state index contributed by atoms with van der Waals surface area (Å²) < 4.78 is 0. The van der Waals surface area contributed by atoms with Gasteiger partial charge in [-0.3, -0.25) is 14.4 Å². The maximum absolute atomic E-state index is 12.9. The number of carbonyl (C=O) groups is 5. The molecule has 3 atom stereocenters. The van der Waals surface area contributed by atoms with E-state index < -0.39 is 74.1 Å². The first-order valence-corrected chi connectivity index (χ1v) is 14.6. The van der Waals surface area contributed by atoms with Crippen molar-refractivity contribution in [1.29, 1.82) is 0 Å². The number of hydrogen-bond acceptors (Lipinski definition) is 12. The molecular formula is C32H30N5Na3O10. The molecule has 1 unspecified atom stereocenters. The van der Waals surface area contributed by atoms with Crippen LogP contribution in [0, 0.1) is 12.3 Å². The zero-order valence-electron chi connectivity index (χ0n) is 27.9. The molecule has 0 saturated heterocycles. The summed E-state index contributed by atoms with van der Waals surface area (Å²) in [7, 11) is 0. The van der Waals surface area contributed by atoms with E-state index >= 15 is 0 Å². The first-order chi connectivity index (χ1) is 22.4. The van der Waals surface area contributed by atoms with Crippen molar-refractivity contribution in [3.63, 3.8) is 0 Å². The van der Waals surface area contributed by atoms with E-state index in [2.05, 4.69) is 26.5 Å². The number of H-pyrrole nitrogens is 1. The molecule has 15 nitrogen and oxygen atoms in total. The molecule has 246 valence electrons. The minimum absolute atomic E-state index is 0. The first kappa shape index (κ1) is 45.3. The number of carboxylic acid groups (broad SMARTS) is 3. The van der Waals surface area contributed by atoms with Crippen molar-refractivity contribution >= 4 is 46.3 Å². The minimum atomic E-state index is -1.72. The number of rotatable bonds is 15. The van der Waals surface area contributed by atoms with E-state index in [-0.39, 0.29) is 118 Å². The van der Waals surface area contributed by atoms with E-state index in [1.54, 1.807) is 18.2 Å². The third-order valence-corrected chi connectivity index (χ3v) is 7.82. The fourth-order valence-electron chi connectivity index (χ4n) is 5.50. The quantitative estimate of drug-likeness (QED) is 0.0847. The third kappa shape index (κ3) is 11.6. The van der Waals surface area contributed by atoms with Crippen LogP contribution >= 0.6 is 0 Å². The van der Waals surface area contributed by atoms with E-state index in [1.165, 1.54) is 12.1 Å². The molecule has 1 aliphatic rings. The standard InChI is InChI=1S/C32H33N5O10.3Na/c1-2-13-37(25-10-5-18-14-24-21(15-20(18)25)30(43)36-26(16-38)33-24)19-6-3-17(4-7-19)29(42)35-23(32(46)47)8-11-27(39)34-22(31(44)45)9-12-28(40)41;;;/h1,3-4,6-7,14-15,22-23,25,38H,5,8-13,16H2,(H,34,39)(H,35,42)(H,40,41)(H,44,45)(H,46,47)(H,33,36,43);;;/q;3*+1/p-3/t22-,23+,25?;;;/m1.../s1. The van der Waals surface area contributed by atoms with Gasteiger partial charge in [-0.05, 0) is 79.6 Å². The predicted octanol–water partition coefficient (Wildman–Crippen LogP) is -12.1. The number of aromatic amines is 1. The summed E-state index contributed by atoms with van der Waals surface area (Å²) in [5.74, 6) is -3.78. The number of benzene rings is 2. The van der Waals surface area contributed by atoms with Crippen LogP contribution in [0.25, 0.3) is 10.9 Å². The van der Waals surface area contributed by atoms with Crippen LogP contribution in [-0.4, -0.2) is 63.4 Å². The Bertz CT molecular complexity index is 1810. The summed E-state index contributed by atoms with van der Waals surface area (Å²) in [6.07, 6.45) is 4.97. The van der Waals surface area contributed by atoms with Gasteiger partial charge in [0, 0.05) is 23.6 Å². The normalized spacial score (nSPS) is 13.9. The van der Waals surface area contributed by atoms with E-state index in [0.717, 1.165) is 11.1 Å². The van der Waals surface area contributed by atoms with Gasteiger partial charge >= 0.3 is 88.7 Å². The van der Waals surface area contributed by atoms with Gasteiger partial charge < -0.3 is 55.3 Å². The molecule has 3 aromatic rings. The van der Waals surface area contributed by atoms with Crippen LogP contribution in [0.15, 0.2) is 41.2 Å². The van der Waals surface area contributed by atoms with Gasteiger partial charge in [0.1, 0.15) is 12.4 Å². The molecule has 0 aliphatic heterocycles. The first-order valence-electron chi connectivity index (χ1n) is 14.6. The average molecular weight is 714 g/mol. The zero-order valence-corrected chi connectivity index (χ0v) is 33.9. The number of aryl methyl sites for hydroxylation is 1. The topological polar surface area (TPSA) is 248 Å². The maximum atomic E-state index is 12.9. The monoisotopic (exact) mass is 713 g/mol. The van der Waals surface area contributed by atoms with Crippen molar-refractivity contribution in [2.45, 2.75) is 63.3 Å². The Hall–Kier alpha value is -2.75. The fraction of sp³-hybridized carbons (Fsp3) is 0.344. The molecule has 18 heteroatoms. The summed E-state index contributed by atoms with van der Waals surface area (Å²) in [5, 5.41) is 47.6. The Kier molecular flexibility index (Phi) is 19.0. The molecule has 2 amide bonds. The molecule has 4 N–H and O–H groups in total. The smallest absolute Gasteiger partial charge is 0.550 e. The van der Waals surface area contributed by atoms with Crippen molar-refractivity contribution in [2.75, 3.05) is 11.4 Å². The molecule has 1 aliphatic carbocycles.